The van der Waals surface area contributed by atoms with Gasteiger partial charge in [0.25, 0.3) is 11.8 Å². The molecular formula is C20H21ClN2O4. The zero-order valence-corrected chi connectivity index (χ0v) is 15.4. The third-order valence-electron chi connectivity index (χ3n) is 4.17. The van der Waals surface area contributed by atoms with Gasteiger partial charge >= 0.3 is 0 Å². The Morgan fingerprint density at radius 1 is 0.852 bits per heavy atom. The first-order valence-electron chi connectivity index (χ1n) is 8.72. The fourth-order valence-electron chi connectivity index (χ4n) is 2.66. The molecule has 1 fully saturated rings. The van der Waals surface area contributed by atoms with Crippen molar-refractivity contribution in [3.63, 3.8) is 0 Å². The van der Waals surface area contributed by atoms with Crippen LogP contribution >= 0.6 is 11.6 Å². The number of carbonyl (C=O) groups is 2. The second-order valence-electron chi connectivity index (χ2n) is 6.18. The van der Waals surface area contributed by atoms with Gasteiger partial charge in [-0.15, -0.1) is 0 Å². The van der Waals surface area contributed by atoms with E-state index in [4.69, 9.17) is 21.1 Å². The van der Waals surface area contributed by atoms with Gasteiger partial charge in [-0.1, -0.05) is 41.9 Å². The highest BCUT2D eigenvalue weighted by Crippen LogP contribution is 2.14. The summed E-state index contributed by atoms with van der Waals surface area (Å²) in [5.41, 5.74) is 1.03. The van der Waals surface area contributed by atoms with Crippen molar-refractivity contribution in [2.45, 2.75) is 12.2 Å². The molecule has 1 saturated heterocycles. The van der Waals surface area contributed by atoms with Gasteiger partial charge in [0.2, 0.25) is 0 Å². The second kappa shape index (κ2) is 9.50. The summed E-state index contributed by atoms with van der Waals surface area (Å²) < 4.78 is 11.4. The predicted molar refractivity (Wildman–Crippen MR) is 102 cm³/mol. The molecule has 142 valence electrons. The van der Waals surface area contributed by atoms with Gasteiger partial charge in [-0.25, -0.2) is 0 Å². The molecule has 6 nitrogen and oxygen atoms in total. The number of ether oxygens (including phenoxy) is 2. The minimum absolute atomic E-state index is 0.145. The summed E-state index contributed by atoms with van der Waals surface area (Å²) in [6.07, 6.45) is -0.453. The normalized spacial score (nSPS) is 19.3. The second-order valence-corrected chi connectivity index (χ2v) is 6.58. The predicted octanol–water partition coefficient (Wildman–Crippen LogP) is 2.28. The summed E-state index contributed by atoms with van der Waals surface area (Å²) in [5.74, 6) is -0.394. The molecule has 0 aliphatic carbocycles. The summed E-state index contributed by atoms with van der Waals surface area (Å²) in [5, 5.41) is 6.04. The average molecular weight is 389 g/mol. The van der Waals surface area contributed by atoms with E-state index in [1.165, 1.54) is 0 Å². The average Bonchev–Trinajstić information content (AvgIpc) is 2.72. The Balaban J connectivity index is 1.37. The van der Waals surface area contributed by atoms with Crippen LogP contribution in [0.15, 0.2) is 54.6 Å². The highest BCUT2D eigenvalue weighted by atomic mass is 35.5. The quantitative estimate of drug-likeness (QED) is 0.796. The van der Waals surface area contributed by atoms with Crippen LogP contribution in [0.4, 0.5) is 0 Å². The summed E-state index contributed by atoms with van der Waals surface area (Å²) in [4.78, 5) is 24.2. The number of halogens is 1. The molecule has 0 spiro atoms. The molecule has 0 saturated carbocycles. The van der Waals surface area contributed by atoms with Crippen molar-refractivity contribution in [2.75, 3.05) is 26.3 Å². The summed E-state index contributed by atoms with van der Waals surface area (Å²) in [7, 11) is 0. The van der Waals surface area contributed by atoms with E-state index in [0.717, 1.165) is 0 Å². The minimum atomic E-state index is -0.249. The topological polar surface area (TPSA) is 76.7 Å². The maximum atomic E-state index is 12.1. The zero-order chi connectivity index (χ0) is 19.1. The van der Waals surface area contributed by atoms with Crippen LogP contribution in [0.3, 0.4) is 0 Å². The van der Waals surface area contributed by atoms with Crippen LogP contribution in [0.25, 0.3) is 0 Å². The molecule has 2 aromatic carbocycles. The lowest BCUT2D eigenvalue weighted by molar-refractivity contribution is -0.128. The van der Waals surface area contributed by atoms with E-state index in [-0.39, 0.29) is 24.0 Å². The van der Waals surface area contributed by atoms with E-state index < -0.39 is 0 Å². The standard InChI is InChI=1S/C20H21ClN2O4/c21-18-9-5-4-8-17(18)20(25)23-11-16-13-26-15(12-27-16)10-22-19(24)14-6-2-1-3-7-14/h1-9,15-16H,10-13H2,(H,22,24)(H,23,25)/t15-,16-/m1/s1. The lowest BCUT2D eigenvalue weighted by Gasteiger charge is -2.29. The molecule has 1 aliphatic rings. The van der Waals surface area contributed by atoms with E-state index >= 15 is 0 Å². The molecule has 1 heterocycles. The summed E-state index contributed by atoms with van der Waals surface area (Å²) >= 11 is 6.01. The van der Waals surface area contributed by atoms with Crippen molar-refractivity contribution >= 4 is 23.4 Å². The molecule has 0 bridgehead atoms. The Labute approximate surface area is 162 Å². The van der Waals surface area contributed by atoms with Crippen LogP contribution in [-0.2, 0) is 9.47 Å². The van der Waals surface area contributed by atoms with Gasteiger partial charge < -0.3 is 20.1 Å². The van der Waals surface area contributed by atoms with Gasteiger partial charge in [0, 0.05) is 18.7 Å². The first-order valence-corrected chi connectivity index (χ1v) is 9.10. The molecule has 0 radical (unpaired) electrons. The van der Waals surface area contributed by atoms with Crippen molar-refractivity contribution in [1.29, 1.82) is 0 Å². The lowest BCUT2D eigenvalue weighted by atomic mass is 10.2. The third kappa shape index (κ3) is 5.53. The fraction of sp³-hybridized carbons (Fsp3) is 0.300. The molecular weight excluding hydrogens is 368 g/mol. The maximum Gasteiger partial charge on any atom is 0.252 e. The smallest absolute Gasteiger partial charge is 0.252 e. The van der Waals surface area contributed by atoms with E-state index in [1.54, 1.807) is 36.4 Å². The molecule has 2 N–H and O–H groups in total. The van der Waals surface area contributed by atoms with Gasteiger partial charge in [0.1, 0.15) is 0 Å². The molecule has 2 atom stereocenters. The number of hydrogen-bond acceptors (Lipinski definition) is 4. The Hall–Kier alpha value is -2.41. The van der Waals surface area contributed by atoms with Crippen molar-refractivity contribution < 1.29 is 19.1 Å². The molecule has 0 aromatic heterocycles. The van der Waals surface area contributed by atoms with Crippen molar-refractivity contribution in [2.24, 2.45) is 0 Å². The van der Waals surface area contributed by atoms with Crippen LogP contribution < -0.4 is 10.6 Å². The highest BCUT2D eigenvalue weighted by Gasteiger charge is 2.23. The summed E-state index contributed by atoms with van der Waals surface area (Å²) in [6, 6.07) is 15.9. The Bertz CT molecular complexity index is 777. The molecule has 2 amide bonds. The monoisotopic (exact) mass is 388 g/mol. The fourth-order valence-corrected chi connectivity index (χ4v) is 2.89. The Morgan fingerprint density at radius 2 is 1.41 bits per heavy atom. The van der Waals surface area contributed by atoms with E-state index in [1.807, 2.05) is 18.2 Å². The Morgan fingerprint density at radius 3 is 2.00 bits per heavy atom. The van der Waals surface area contributed by atoms with E-state index in [0.29, 0.717) is 42.5 Å². The molecule has 0 unspecified atom stereocenters. The number of hydrogen-bond donors (Lipinski definition) is 2. The maximum absolute atomic E-state index is 12.1. The SMILES string of the molecule is O=C(NC[C@@H]1CO[C@H](CNC(=O)c2ccccc2Cl)CO1)c1ccccc1. The molecule has 27 heavy (non-hydrogen) atoms. The van der Waals surface area contributed by atoms with Crippen LogP contribution in [0.2, 0.25) is 5.02 Å². The van der Waals surface area contributed by atoms with E-state index in [2.05, 4.69) is 10.6 Å². The third-order valence-corrected chi connectivity index (χ3v) is 4.50. The van der Waals surface area contributed by atoms with Crippen LogP contribution in [0.1, 0.15) is 20.7 Å². The first kappa shape index (κ1) is 19.4. The van der Waals surface area contributed by atoms with Crippen LogP contribution in [0, 0.1) is 0 Å². The van der Waals surface area contributed by atoms with Crippen LogP contribution in [-0.4, -0.2) is 50.3 Å². The van der Waals surface area contributed by atoms with Crippen LogP contribution in [0.5, 0.6) is 0 Å². The number of benzene rings is 2. The summed E-state index contributed by atoms with van der Waals surface area (Å²) in [6.45, 7) is 1.38. The molecule has 2 aromatic rings. The van der Waals surface area contributed by atoms with Gasteiger partial charge in [-0.05, 0) is 24.3 Å². The van der Waals surface area contributed by atoms with Gasteiger partial charge in [0.05, 0.1) is 36.0 Å². The molecule has 7 heteroatoms. The van der Waals surface area contributed by atoms with Gasteiger partial charge in [0.15, 0.2) is 0 Å². The molecule has 1 aliphatic heterocycles. The minimum Gasteiger partial charge on any atom is -0.371 e. The van der Waals surface area contributed by atoms with Crippen molar-refractivity contribution in [3.05, 3.63) is 70.7 Å². The largest absolute Gasteiger partial charge is 0.371 e. The number of amides is 2. The number of nitrogens with one attached hydrogen (secondary N) is 2. The Kier molecular flexibility index (Phi) is 6.81. The number of carbonyl (C=O) groups excluding carboxylic acids is 2. The first-order chi connectivity index (χ1) is 13.1. The number of rotatable bonds is 6. The zero-order valence-electron chi connectivity index (χ0n) is 14.7. The lowest BCUT2D eigenvalue weighted by Crippen LogP contribution is -2.46. The van der Waals surface area contributed by atoms with Crippen molar-refractivity contribution in [1.82, 2.24) is 10.6 Å². The van der Waals surface area contributed by atoms with E-state index in [9.17, 15) is 9.59 Å². The molecule has 3 rings (SSSR count). The van der Waals surface area contributed by atoms with Gasteiger partial charge in [-0.3, -0.25) is 9.59 Å². The van der Waals surface area contributed by atoms with Gasteiger partial charge in [-0.2, -0.15) is 0 Å². The highest BCUT2D eigenvalue weighted by molar-refractivity contribution is 6.33. The van der Waals surface area contributed by atoms with Crippen molar-refractivity contribution in [3.8, 4) is 0 Å².